The second kappa shape index (κ2) is 7.31. The molecule has 2 heterocycles. The zero-order valence-corrected chi connectivity index (χ0v) is 14.4. The molecule has 3 rings (SSSR count). The molecular formula is C16H17N5O3S. The van der Waals surface area contributed by atoms with Gasteiger partial charge >= 0.3 is 6.03 Å². The summed E-state index contributed by atoms with van der Waals surface area (Å²) in [5, 5.41) is 10.3. The monoisotopic (exact) mass is 359 g/mol. The Bertz CT molecular complexity index is 820. The van der Waals surface area contributed by atoms with E-state index in [0.29, 0.717) is 35.2 Å². The van der Waals surface area contributed by atoms with E-state index in [1.807, 2.05) is 0 Å². The number of nitrogens with one attached hydrogen (secondary N) is 3. The summed E-state index contributed by atoms with van der Waals surface area (Å²) < 4.78 is 0. The number of urea groups is 1. The van der Waals surface area contributed by atoms with Gasteiger partial charge in [-0.05, 0) is 18.2 Å². The lowest BCUT2D eigenvalue weighted by atomic mass is 10.2. The molecule has 2 aromatic rings. The largest absolute Gasteiger partial charge is 0.355 e. The number of carbonyl (C=O) groups is 3. The van der Waals surface area contributed by atoms with Gasteiger partial charge in [0, 0.05) is 36.8 Å². The summed E-state index contributed by atoms with van der Waals surface area (Å²) in [6, 6.07) is 6.52. The lowest BCUT2D eigenvalue weighted by Gasteiger charge is -2.08. The van der Waals surface area contributed by atoms with Gasteiger partial charge in [-0.3, -0.25) is 14.5 Å². The Morgan fingerprint density at radius 3 is 2.96 bits per heavy atom. The van der Waals surface area contributed by atoms with Crippen LogP contribution in [0.15, 0.2) is 29.6 Å². The Balaban J connectivity index is 1.62. The van der Waals surface area contributed by atoms with Crippen molar-refractivity contribution in [2.24, 2.45) is 0 Å². The maximum atomic E-state index is 12.2. The Morgan fingerprint density at radius 1 is 1.40 bits per heavy atom. The highest BCUT2D eigenvalue weighted by atomic mass is 32.1. The molecule has 1 saturated heterocycles. The van der Waals surface area contributed by atoms with Crippen LogP contribution in [-0.2, 0) is 11.2 Å². The molecule has 0 radical (unpaired) electrons. The molecule has 0 unspecified atom stereocenters. The number of hydrogen-bond donors (Lipinski definition) is 3. The number of hydrogen-bond acceptors (Lipinski definition) is 5. The van der Waals surface area contributed by atoms with Gasteiger partial charge < -0.3 is 16.0 Å². The highest BCUT2D eigenvalue weighted by Crippen LogP contribution is 2.22. The van der Waals surface area contributed by atoms with Crippen molar-refractivity contribution in [3.63, 3.8) is 0 Å². The Morgan fingerprint density at radius 2 is 2.24 bits per heavy atom. The summed E-state index contributed by atoms with van der Waals surface area (Å²) in [5.41, 5.74) is 1.61. The van der Waals surface area contributed by atoms with E-state index in [2.05, 4.69) is 20.9 Å². The van der Waals surface area contributed by atoms with Crippen LogP contribution in [0.1, 0.15) is 16.1 Å². The number of carbonyl (C=O) groups excluding carboxylic acids is 3. The van der Waals surface area contributed by atoms with Gasteiger partial charge in [0.05, 0.1) is 12.1 Å². The lowest BCUT2D eigenvalue weighted by Crippen LogP contribution is -2.27. The van der Waals surface area contributed by atoms with Crippen molar-refractivity contribution in [1.29, 1.82) is 0 Å². The van der Waals surface area contributed by atoms with E-state index >= 15 is 0 Å². The average Bonchev–Trinajstić information content (AvgIpc) is 3.22. The van der Waals surface area contributed by atoms with Crippen molar-refractivity contribution in [1.82, 2.24) is 15.6 Å². The summed E-state index contributed by atoms with van der Waals surface area (Å²) in [4.78, 5) is 41.3. The highest BCUT2D eigenvalue weighted by Gasteiger charge is 2.24. The van der Waals surface area contributed by atoms with E-state index in [0.717, 1.165) is 0 Å². The molecule has 130 valence electrons. The fourth-order valence-electron chi connectivity index (χ4n) is 2.41. The average molecular weight is 359 g/mol. The van der Waals surface area contributed by atoms with E-state index in [-0.39, 0.29) is 24.3 Å². The van der Waals surface area contributed by atoms with Crippen LogP contribution >= 0.6 is 11.3 Å². The van der Waals surface area contributed by atoms with Crippen molar-refractivity contribution >= 4 is 40.0 Å². The van der Waals surface area contributed by atoms with Crippen molar-refractivity contribution in [2.45, 2.75) is 6.42 Å². The first-order valence-corrected chi connectivity index (χ1v) is 8.56. The molecule has 0 spiro atoms. The Kier molecular flexibility index (Phi) is 4.94. The molecule has 1 aromatic heterocycles. The molecule has 3 N–H and O–H groups in total. The number of thiazole rings is 1. The predicted octanol–water partition coefficient (Wildman–Crippen LogP) is 1.21. The van der Waals surface area contributed by atoms with Crippen molar-refractivity contribution < 1.29 is 14.4 Å². The van der Waals surface area contributed by atoms with E-state index in [9.17, 15) is 14.4 Å². The number of aromatic nitrogens is 1. The summed E-state index contributed by atoms with van der Waals surface area (Å²) in [6.45, 7) is 1.17. The van der Waals surface area contributed by atoms with E-state index in [1.165, 1.54) is 11.3 Å². The first kappa shape index (κ1) is 16.9. The zero-order chi connectivity index (χ0) is 17.8. The first-order valence-electron chi connectivity index (χ1n) is 7.68. The zero-order valence-electron chi connectivity index (χ0n) is 13.5. The van der Waals surface area contributed by atoms with Crippen LogP contribution in [0.2, 0.25) is 0 Å². The summed E-state index contributed by atoms with van der Waals surface area (Å²) in [5.74, 6) is -0.457. The normalized spacial score (nSPS) is 13.5. The maximum absolute atomic E-state index is 12.2. The molecular weight excluding hydrogens is 342 g/mol. The second-order valence-corrected chi connectivity index (χ2v) is 6.23. The van der Waals surface area contributed by atoms with Crippen molar-refractivity contribution in [3.8, 4) is 0 Å². The molecule has 1 aromatic carbocycles. The fraction of sp³-hybridized carbons (Fsp3) is 0.250. The molecule has 0 aliphatic carbocycles. The molecule has 9 heteroatoms. The Hall–Kier alpha value is -2.94. The van der Waals surface area contributed by atoms with Gasteiger partial charge in [-0.1, -0.05) is 6.07 Å². The van der Waals surface area contributed by atoms with Gasteiger partial charge in [0.25, 0.3) is 5.91 Å². The number of amides is 4. The molecule has 25 heavy (non-hydrogen) atoms. The van der Waals surface area contributed by atoms with Crippen molar-refractivity contribution in [3.05, 3.63) is 40.9 Å². The molecule has 8 nitrogen and oxygen atoms in total. The van der Waals surface area contributed by atoms with Crippen LogP contribution in [0.4, 0.5) is 15.6 Å². The van der Waals surface area contributed by atoms with Crippen molar-refractivity contribution in [2.75, 3.05) is 30.4 Å². The van der Waals surface area contributed by atoms with Gasteiger partial charge in [0.2, 0.25) is 5.91 Å². The predicted molar refractivity (Wildman–Crippen MR) is 95.0 cm³/mol. The minimum Gasteiger partial charge on any atom is -0.355 e. The first-order chi connectivity index (χ1) is 12.1. The van der Waals surface area contributed by atoms with Crippen LogP contribution in [0.25, 0.3) is 0 Å². The molecule has 1 aliphatic heterocycles. The van der Waals surface area contributed by atoms with Crippen LogP contribution in [0, 0.1) is 0 Å². The third-order valence-corrected chi connectivity index (χ3v) is 4.52. The topological polar surface area (TPSA) is 103 Å². The van der Waals surface area contributed by atoms with Crippen LogP contribution in [-0.4, -0.2) is 43.0 Å². The minimum atomic E-state index is -0.239. The highest BCUT2D eigenvalue weighted by molar-refractivity contribution is 7.14. The molecule has 0 saturated carbocycles. The van der Waals surface area contributed by atoms with Gasteiger partial charge in [0.15, 0.2) is 5.13 Å². The summed E-state index contributed by atoms with van der Waals surface area (Å²) in [6.07, 6.45) is 0.0934. The molecule has 1 aliphatic rings. The summed E-state index contributed by atoms with van der Waals surface area (Å²) >= 11 is 1.33. The third kappa shape index (κ3) is 3.94. The quantitative estimate of drug-likeness (QED) is 0.746. The van der Waals surface area contributed by atoms with Crippen LogP contribution in [0.3, 0.4) is 0 Å². The van der Waals surface area contributed by atoms with Crippen LogP contribution in [0.5, 0.6) is 0 Å². The molecule has 0 bridgehead atoms. The standard InChI is InChI=1S/C16H17N5O3S/c1-17-14(23)10-3-2-4-11(7-10)19-13(22)8-12-9-25-16(20-12)21-6-5-18-15(21)24/h2-4,7,9H,5-6,8H2,1H3,(H,17,23)(H,18,24)(H,19,22). The molecule has 1 fully saturated rings. The molecule has 4 amide bonds. The number of nitrogens with zero attached hydrogens (tertiary/aromatic N) is 2. The fourth-order valence-corrected chi connectivity index (χ4v) is 3.26. The smallest absolute Gasteiger partial charge is 0.323 e. The van der Waals surface area contributed by atoms with Crippen LogP contribution < -0.4 is 20.9 Å². The summed E-state index contributed by atoms with van der Waals surface area (Å²) in [7, 11) is 1.55. The number of rotatable bonds is 5. The lowest BCUT2D eigenvalue weighted by molar-refractivity contribution is -0.115. The van der Waals surface area contributed by atoms with E-state index < -0.39 is 0 Å². The second-order valence-electron chi connectivity index (χ2n) is 5.39. The van der Waals surface area contributed by atoms with E-state index in [1.54, 1.807) is 41.6 Å². The van der Waals surface area contributed by atoms with Gasteiger partial charge in [-0.15, -0.1) is 11.3 Å². The molecule has 0 atom stereocenters. The SMILES string of the molecule is CNC(=O)c1cccc(NC(=O)Cc2csc(N3CCNC3=O)n2)c1. The van der Waals surface area contributed by atoms with Gasteiger partial charge in [-0.2, -0.15) is 0 Å². The van der Waals surface area contributed by atoms with E-state index in [4.69, 9.17) is 0 Å². The third-order valence-electron chi connectivity index (χ3n) is 3.60. The number of anilines is 2. The maximum Gasteiger partial charge on any atom is 0.323 e. The van der Waals surface area contributed by atoms with Gasteiger partial charge in [0.1, 0.15) is 0 Å². The van der Waals surface area contributed by atoms with Gasteiger partial charge in [-0.25, -0.2) is 9.78 Å². The number of benzene rings is 1. The minimum absolute atomic E-state index is 0.0934. The Labute approximate surface area is 148 Å².